The van der Waals surface area contributed by atoms with E-state index in [9.17, 15) is 28.8 Å². The number of rotatable bonds is 25. The van der Waals surface area contributed by atoms with Gasteiger partial charge in [-0.15, -0.1) is 0 Å². The van der Waals surface area contributed by atoms with Crippen molar-refractivity contribution in [2.75, 3.05) is 61.5 Å². The van der Waals surface area contributed by atoms with Gasteiger partial charge >= 0.3 is 6.09 Å². The minimum absolute atomic E-state index is 0.00396. The molecule has 0 radical (unpaired) electrons. The number of hydrogen-bond acceptors (Lipinski definition) is 11. The van der Waals surface area contributed by atoms with Gasteiger partial charge in [-0.2, -0.15) is 0 Å². The van der Waals surface area contributed by atoms with Crippen molar-refractivity contribution >= 4 is 35.4 Å². The molecule has 1 aromatic rings. The van der Waals surface area contributed by atoms with E-state index in [2.05, 4.69) is 15.3 Å². The summed E-state index contributed by atoms with van der Waals surface area (Å²) in [5, 5.41) is 6.80. The molecule has 2 aliphatic rings. The van der Waals surface area contributed by atoms with Crippen molar-refractivity contribution in [3.8, 4) is 5.75 Å². The van der Waals surface area contributed by atoms with Gasteiger partial charge in [-0.3, -0.25) is 28.9 Å². The SMILES string of the molecule is CC[C@H](C)[C@@H]([C@@H](CC(=O)N1CCC[C@H]1[C@H](OC)[C@@H](C)C(=O)N[C@H](CN=[N+]=[N-])Cc1ccc(OC(=O)N2CCC(C(C)=O)CC2)cc1)OC)N(C)C(=O)[C@@H](CC(=O)[C@H](C(C)C)N(C)C)C(C)C. The van der Waals surface area contributed by atoms with Crippen LogP contribution in [0.3, 0.4) is 0 Å². The molecule has 2 saturated heterocycles. The minimum Gasteiger partial charge on any atom is -0.410 e. The average molecular weight is 925 g/mol. The quantitative estimate of drug-likeness (QED) is 0.0635. The number of carbonyl (C=O) groups excluding carboxylic acids is 6. The van der Waals surface area contributed by atoms with Gasteiger partial charge in [-0.05, 0) is 94.1 Å². The number of azide groups is 1. The topological polar surface area (TPSA) is 204 Å². The van der Waals surface area contributed by atoms with E-state index in [1.54, 1.807) is 67.0 Å². The van der Waals surface area contributed by atoms with Crippen molar-refractivity contribution in [3.05, 3.63) is 40.3 Å². The van der Waals surface area contributed by atoms with E-state index < -0.39 is 48.3 Å². The molecule has 2 fully saturated rings. The van der Waals surface area contributed by atoms with Crippen LogP contribution < -0.4 is 10.1 Å². The summed E-state index contributed by atoms with van der Waals surface area (Å²) in [6, 6.07) is 5.18. The third kappa shape index (κ3) is 15.2. The van der Waals surface area contributed by atoms with Crippen LogP contribution in [0.4, 0.5) is 4.79 Å². The number of hydrogen-bond donors (Lipinski definition) is 1. The van der Waals surface area contributed by atoms with Crippen molar-refractivity contribution < 1.29 is 43.0 Å². The van der Waals surface area contributed by atoms with E-state index in [4.69, 9.17) is 19.7 Å². The van der Waals surface area contributed by atoms with Crippen LogP contribution in [0, 0.1) is 35.5 Å². The molecule has 9 atom stereocenters. The van der Waals surface area contributed by atoms with Gasteiger partial charge in [0.1, 0.15) is 11.5 Å². The Kier molecular flexibility index (Phi) is 22.5. The Bertz CT molecular complexity index is 1800. The largest absolute Gasteiger partial charge is 0.415 e. The number of nitrogens with zero attached hydrogens (tertiary/aromatic N) is 7. The maximum Gasteiger partial charge on any atom is 0.415 e. The second kappa shape index (κ2) is 26.7. The summed E-state index contributed by atoms with van der Waals surface area (Å²) >= 11 is 0. The van der Waals surface area contributed by atoms with Crippen LogP contribution in [0.25, 0.3) is 10.4 Å². The first-order chi connectivity index (χ1) is 31.2. The lowest BCUT2D eigenvalue weighted by Gasteiger charge is -2.41. The van der Waals surface area contributed by atoms with E-state index in [0.29, 0.717) is 57.5 Å². The zero-order chi connectivity index (χ0) is 49.4. The van der Waals surface area contributed by atoms with E-state index in [1.165, 1.54) is 7.11 Å². The number of ketones is 2. The van der Waals surface area contributed by atoms with Crippen molar-refractivity contribution in [2.45, 2.75) is 143 Å². The van der Waals surface area contributed by atoms with Crippen LogP contribution in [0.5, 0.6) is 5.75 Å². The molecule has 370 valence electrons. The molecule has 2 aliphatic heterocycles. The van der Waals surface area contributed by atoms with E-state index >= 15 is 0 Å². The number of Topliss-reactive ketones (excluding diaryl/α,β-unsaturated/α-hetero) is 2. The number of methoxy groups -OCH3 is 2. The van der Waals surface area contributed by atoms with Gasteiger partial charge in [0.05, 0.1) is 42.7 Å². The molecular weight excluding hydrogens is 845 g/mol. The zero-order valence-corrected chi connectivity index (χ0v) is 42.0. The number of likely N-dealkylation sites (N-methyl/N-ethyl adjacent to an activating group) is 2. The summed E-state index contributed by atoms with van der Waals surface area (Å²) in [5.74, 6) is -1.42. The van der Waals surface area contributed by atoms with Crippen LogP contribution in [0.1, 0.15) is 106 Å². The standard InChI is InChI=1S/C49H80N8O9/c1-14-32(6)45(55(11)48(62)39(30(2)3)27-41(59)44(31(4)5)54(9)10)42(64-12)28-43(60)57-23-15-16-40(57)46(65-13)33(7)47(61)52-37(29-51-53-50)26-35-17-19-38(20-18-35)66-49(63)56-24-21-36(22-25-56)34(8)58/h17-20,30-33,36-37,39-40,42,44-46H,14-16,21-29H2,1-13H3,(H,52,61)/t32-,33+,37-,39-,40-,42+,44-,45-,46+/m0/s1. The summed E-state index contributed by atoms with van der Waals surface area (Å²) in [6.07, 6.45) is 1.97. The summed E-state index contributed by atoms with van der Waals surface area (Å²) in [4.78, 5) is 90.8. The molecule has 0 unspecified atom stereocenters. The van der Waals surface area contributed by atoms with Crippen LogP contribution >= 0.6 is 0 Å². The lowest BCUT2D eigenvalue weighted by Crippen LogP contribution is -2.54. The number of piperidine rings is 1. The van der Waals surface area contributed by atoms with Crippen molar-refractivity contribution in [1.82, 2.24) is 24.9 Å². The van der Waals surface area contributed by atoms with Gasteiger partial charge in [-0.1, -0.05) is 72.1 Å². The third-order valence-corrected chi connectivity index (χ3v) is 14.0. The van der Waals surface area contributed by atoms with Gasteiger partial charge < -0.3 is 34.2 Å². The highest BCUT2D eigenvalue weighted by molar-refractivity contribution is 5.90. The monoisotopic (exact) mass is 925 g/mol. The van der Waals surface area contributed by atoms with Gasteiger partial charge in [0, 0.05) is 76.7 Å². The van der Waals surface area contributed by atoms with E-state index in [1.807, 2.05) is 60.5 Å². The minimum atomic E-state index is -0.697. The Balaban J connectivity index is 1.72. The highest BCUT2D eigenvalue weighted by Crippen LogP contribution is 2.31. The second-order valence-corrected chi connectivity index (χ2v) is 19.5. The number of amides is 4. The van der Waals surface area contributed by atoms with E-state index in [-0.39, 0.29) is 78.4 Å². The Morgan fingerprint density at radius 1 is 0.894 bits per heavy atom. The number of carbonyl (C=O) groups is 6. The Morgan fingerprint density at radius 2 is 1.53 bits per heavy atom. The molecule has 3 rings (SSSR count). The summed E-state index contributed by atoms with van der Waals surface area (Å²) in [7, 11) is 8.62. The van der Waals surface area contributed by atoms with Crippen LogP contribution in [0.2, 0.25) is 0 Å². The van der Waals surface area contributed by atoms with Crippen molar-refractivity contribution in [3.63, 3.8) is 0 Å². The van der Waals surface area contributed by atoms with Gasteiger partial charge in [0.25, 0.3) is 0 Å². The molecular formula is C49H80N8O9. The Labute approximate surface area is 393 Å². The maximum atomic E-state index is 14.4. The number of likely N-dealkylation sites (tertiary alicyclic amines) is 2. The Hall–Kier alpha value is -4.57. The normalized spacial score (nSPS) is 19.3. The molecule has 66 heavy (non-hydrogen) atoms. The Morgan fingerprint density at radius 3 is 2.05 bits per heavy atom. The first-order valence-electron chi connectivity index (χ1n) is 23.9. The lowest BCUT2D eigenvalue weighted by atomic mass is 9.83. The van der Waals surface area contributed by atoms with Gasteiger partial charge in [0.2, 0.25) is 17.7 Å². The molecule has 2 heterocycles. The predicted octanol–water partition coefficient (Wildman–Crippen LogP) is 6.56. The third-order valence-electron chi connectivity index (χ3n) is 14.0. The zero-order valence-electron chi connectivity index (χ0n) is 42.0. The predicted molar refractivity (Wildman–Crippen MR) is 253 cm³/mol. The van der Waals surface area contributed by atoms with Crippen LogP contribution in [-0.2, 0) is 39.9 Å². The maximum absolute atomic E-state index is 14.4. The molecule has 0 bridgehead atoms. The second-order valence-electron chi connectivity index (χ2n) is 19.5. The van der Waals surface area contributed by atoms with Gasteiger partial charge in [-0.25, -0.2) is 4.79 Å². The smallest absolute Gasteiger partial charge is 0.410 e. The summed E-state index contributed by atoms with van der Waals surface area (Å²) < 4.78 is 17.7. The summed E-state index contributed by atoms with van der Waals surface area (Å²) in [5.41, 5.74) is 9.98. The lowest BCUT2D eigenvalue weighted by molar-refractivity contribution is -0.149. The van der Waals surface area contributed by atoms with Crippen molar-refractivity contribution in [2.24, 2.45) is 40.6 Å². The molecule has 17 heteroatoms. The van der Waals surface area contributed by atoms with Crippen molar-refractivity contribution in [1.29, 1.82) is 0 Å². The molecule has 0 aliphatic carbocycles. The average Bonchev–Trinajstić information content (AvgIpc) is 3.76. The van der Waals surface area contributed by atoms with Crippen LogP contribution in [-0.4, -0.2) is 153 Å². The first-order valence-corrected chi connectivity index (χ1v) is 23.9. The number of nitrogens with one attached hydrogen (secondary N) is 1. The molecule has 0 spiro atoms. The fourth-order valence-electron chi connectivity index (χ4n) is 10.0. The molecule has 0 saturated carbocycles. The van der Waals surface area contributed by atoms with Gasteiger partial charge in [0.15, 0.2) is 5.78 Å². The highest BCUT2D eigenvalue weighted by Gasteiger charge is 2.43. The molecule has 0 aromatic heterocycles. The highest BCUT2D eigenvalue weighted by atomic mass is 16.6. The molecule has 4 amide bonds. The fraction of sp³-hybridized carbons (Fsp3) is 0.755. The fourth-order valence-corrected chi connectivity index (χ4v) is 10.0. The number of benzene rings is 1. The summed E-state index contributed by atoms with van der Waals surface area (Å²) in [6.45, 7) is 16.7. The molecule has 1 N–H and O–H groups in total. The van der Waals surface area contributed by atoms with Crippen LogP contribution in [0.15, 0.2) is 29.4 Å². The number of ether oxygens (including phenoxy) is 3. The molecule has 1 aromatic carbocycles. The van der Waals surface area contributed by atoms with E-state index in [0.717, 1.165) is 12.0 Å². The first kappa shape index (κ1) is 55.8. The molecule has 17 nitrogen and oxygen atoms in total.